The van der Waals surface area contributed by atoms with E-state index in [1.165, 1.54) is 17.0 Å². The van der Waals surface area contributed by atoms with Gasteiger partial charge in [0.1, 0.15) is 6.54 Å². The van der Waals surface area contributed by atoms with E-state index < -0.39 is 36.3 Å². The molecular weight excluding hydrogens is 339 g/mol. The summed E-state index contributed by atoms with van der Waals surface area (Å²) in [5.74, 6) is -3.64. The maximum absolute atomic E-state index is 13.3. The summed E-state index contributed by atoms with van der Waals surface area (Å²) in [6.07, 6.45) is -4.69. The second-order valence-corrected chi connectivity index (χ2v) is 6.23. The van der Waals surface area contributed by atoms with Gasteiger partial charge in [-0.25, -0.2) is 4.98 Å². The standard InChI is InChI=1S/C16H16F3N3O3/c1-9-6-21(7-10(9)14(24)25)13(23)8-22-12-5-3-2-4-11(12)20-15(22)16(17,18)19/h2-5,9-10H,6-8H2,1H3,(H,24,25)/t9-,10-/m1/s1. The third-order valence-electron chi connectivity index (χ3n) is 4.48. The molecule has 1 saturated heterocycles. The van der Waals surface area contributed by atoms with E-state index in [-0.39, 0.29) is 30.0 Å². The highest BCUT2D eigenvalue weighted by atomic mass is 19.4. The fraction of sp³-hybridized carbons (Fsp3) is 0.438. The van der Waals surface area contributed by atoms with Crippen molar-refractivity contribution in [2.24, 2.45) is 11.8 Å². The van der Waals surface area contributed by atoms with Crippen molar-refractivity contribution in [3.63, 3.8) is 0 Å². The number of nitrogens with zero attached hydrogens (tertiary/aromatic N) is 3. The number of aromatic nitrogens is 2. The largest absolute Gasteiger partial charge is 0.481 e. The molecule has 25 heavy (non-hydrogen) atoms. The van der Waals surface area contributed by atoms with Crippen LogP contribution in [0.2, 0.25) is 0 Å². The van der Waals surface area contributed by atoms with Crippen LogP contribution in [-0.2, 0) is 22.3 Å². The van der Waals surface area contributed by atoms with Crippen molar-refractivity contribution in [2.45, 2.75) is 19.6 Å². The Balaban J connectivity index is 1.90. The van der Waals surface area contributed by atoms with Crippen molar-refractivity contribution in [1.82, 2.24) is 14.5 Å². The number of benzene rings is 1. The Morgan fingerprint density at radius 3 is 2.56 bits per heavy atom. The van der Waals surface area contributed by atoms with E-state index in [1.54, 1.807) is 19.1 Å². The fourth-order valence-corrected chi connectivity index (χ4v) is 3.18. The molecule has 1 aliphatic heterocycles. The van der Waals surface area contributed by atoms with Gasteiger partial charge in [-0.15, -0.1) is 0 Å². The number of para-hydroxylation sites is 2. The summed E-state index contributed by atoms with van der Waals surface area (Å²) >= 11 is 0. The molecule has 0 saturated carbocycles. The van der Waals surface area contributed by atoms with Gasteiger partial charge in [0.2, 0.25) is 11.7 Å². The highest BCUT2D eigenvalue weighted by molar-refractivity contribution is 5.82. The number of hydrogen-bond donors (Lipinski definition) is 1. The molecule has 0 bridgehead atoms. The van der Waals surface area contributed by atoms with Gasteiger partial charge in [0, 0.05) is 13.1 Å². The number of imidazole rings is 1. The van der Waals surface area contributed by atoms with Gasteiger partial charge in [-0.3, -0.25) is 9.59 Å². The zero-order chi connectivity index (χ0) is 18.4. The third-order valence-corrected chi connectivity index (χ3v) is 4.48. The molecule has 134 valence electrons. The lowest BCUT2D eigenvalue weighted by atomic mass is 9.99. The first-order valence-electron chi connectivity index (χ1n) is 7.71. The minimum absolute atomic E-state index is 0.00329. The minimum atomic E-state index is -4.69. The van der Waals surface area contributed by atoms with Crippen LogP contribution >= 0.6 is 0 Å². The number of likely N-dealkylation sites (tertiary alicyclic amines) is 1. The Labute approximate surface area is 140 Å². The van der Waals surface area contributed by atoms with Crippen molar-refractivity contribution < 1.29 is 27.9 Å². The predicted molar refractivity (Wildman–Crippen MR) is 81.6 cm³/mol. The second kappa shape index (κ2) is 6.05. The summed E-state index contributed by atoms with van der Waals surface area (Å²) < 4.78 is 40.6. The molecule has 0 unspecified atom stereocenters. The van der Waals surface area contributed by atoms with Crippen molar-refractivity contribution in [3.8, 4) is 0 Å². The van der Waals surface area contributed by atoms with Gasteiger partial charge in [0.05, 0.1) is 17.0 Å². The average Bonchev–Trinajstić information content (AvgIpc) is 3.08. The van der Waals surface area contributed by atoms with Gasteiger partial charge in [-0.2, -0.15) is 13.2 Å². The van der Waals surface area contributed by atoms with E-state index in [2.05, 4.69) is 4.98 Å². The lowest BCUT2D eigenvalue weighted by molar-refractivity contribution is -0.148. The minimum Gasteiger partial charge on any atom is -0.481 e. The Morgan fingerprint density at radius 2 is 1.96 bits per heavy atom. The second-order valence-electron chi connectivity index (χ2n) is 6.23. The molecular formula is C16H16F3N3O3. The highest BCUT2D eigenvalue weighted by Crippen LogP contribution is 2.32. The van der Waals surface area contributed by atoms with E-state index in [1.807, 2.05) is 0 Å². The first-order valence-corrected chi connectivity index (χ1v) is 7.71. The van der Waals surface area contributed by atoms with Gasteiger partial charge in [0.15, 0.2) is 0 Å². The Morgan fingerprint density at radius 1 is 1.28 bits per heavy atom. The van der Waals surface area contributed by atoms with Gasteiger partial charge < -0.3 is 14.6 Å². The molecule has 1 aromatic carbocycles. The van der Waals surface area contributed by atoms with Crippen LogP contribution in [0.5, 0.6) is 0 Å². The van der Waals surface area contributed by atoms with Gasteiger partial charge >= 0.3 is 12.1 Å². The first-order chi connectivity index (χ1) is 11.7. The molecule has 1 aliphatic rings. The number of carbonyl (C=O) groups excluding carboxylic acids is 1. The molecule has 2 atom stereocenters. The number of amides is 1. The summed E-state index contributed by atoms with van der Waals surface area (Å²) in [6, 6.07) is 6.06. The summed E-state index contributed by atoms with van der Waals surface area (Å²) in [7, 11) is 0. The van der Waals surface area contributed by atoms with Crippen LogP contribution in [-0.4, -0.2) is 44.5 Å². The highest BCUT2D eigenvalue weighted by Gasteiger charge is 2.40. The van der Waals surface area contributed by atoms with Crippen LogP contribution in [0.1, 0.15) is 12.7 Å². The molecule has 0 spiro atoms. The Hall–Kier alpha value is -2.58. The number of carboxylic acids is 1. The van der Waals surface area contributed by atoms with Gasteiger partial charge in [-0.1, -0.05) is 19.1 Å². The topological polar surface area (TPSA) is 75.4 Å². The van der Waals surface area contributed by atoms with Crippen molar-refractivity contribution in [3.05, 3.63) is 30.1 Å². The molecule has 0 radical (unpaired) electrons. The van der Waals surface area contributed by atoms with Crippen LogP contribution < -0.4 is 0 Å². The maximum atomic E-state index is 13.3. The van der Waals surface area contributed by atoms with E-state index in [0.29, 0.717) is 0 Å². The SMILES string of the molecule is C[C@@H]1CN(C(=O)Cn2c(C(F)(F)F)nc3ccccc32)C[C@H]1C(=O)O. The van der Waals surface area contributed by atoms with E-state index in [9.17, 15) is 22.8 Å². The lowest BCUT2D eigenvalue weighted by Gasteiger charge is -2.18. The van der Waals surface area contributed by atoms with Crippen LogP contribution in [0, 0.1) is 11.8 Å². The zero-order valence-corrected chi connectivity index (χ0v) is 13.3. The van der Waals surface area contributed by atoms with Crippen LogP contribution in [0.3, 0.4) is 0 Å². The third kappa shape index (κ3) is 3.18. The normalized spacial score (nSPS) is 21.0. The fourth-order valence-electron chi connectivity index (χ4n) is 3.18. The monoisotopic (exact) mass is 355 g/mol. The molecule has 1 N–H and O–H groups in total. The number of fused-ring (bicyclic) bond motifs is 1. The average molecular weight is 355 g/mol. The number of halogens is 3. The smallest absolute Gasteiger partial charge is 0.449 e. The predicted octanol–water partition coefficient (Wildman–Crippen LogP) is 2.23. The summed E-state index contributed by atoms with van der Waals surface area (Å²) in [5, 5.41) is 9.13. The summed E-state index contributed by atoms with van der Waals surface area (Å²) in [4.78, 5) is 28.5. The number of aliphatic carboxylic acids is 1. The van der Waals surface area contributed by atoms with E-state index in [4.69, 9.17) is 5.11 Å². The molecule has 1 fully saturated rings. The molecule has 2 aromatic rings. The van der Waals surface area contributed by atoms with E-state index >= 15 is 0 Å². The molecule has 2 heterocycles. The van der Waals surface area contributed by atoms with Crippen LogP contribution in [0.25, 0.3) is 11.0 Å². The number of carbonyl (C=O) groups is 2. The number of rotatable bonds is 3. The molecule has 1 aromatic heterocycles. The van der Waals surface area contributed by atoms with Crippen LogP contribution in [0.15, 0.2) is 24.3 Å². The number of hydrogen-bond acceptors (Lipinski definition) is 3. The van der Waals surface area contributed by atoms with E-state index in [0.717, 1.165) is 4.57 Å². The molecule has 3 rings (SSSR count). The molecule has 0 aliphatic carbocycles. The van der Waals surface area contributed by atoms with Gasteiger partial charge in [-0.05, 0) is 18.1 Å². The Bertz CT molecular complexity index is 831. The first kappa shape index (κ1) is 17.2. The lowest BCUT2D eigenvalue weighted by Crippen LogP contribution is -2.33. The van der Waals surface area contributed by atoms with Crippen molar-refractivity contribution in [2.75, 3.05) is 13.1 Å². The van der Waals surface area contributed by atoms with Crippen molar-refractivity contribution >= 4 is 22.9 Å². The summed E-state index contributed by atoms with van der Waals surface area (Å²) in [6.45, 7) is 1.39. The molecule has 1 amide bonds. The maximum Gasteiger partial charge on any atom is 0.449 e. The molecule has 6 nitrogen and oxygen atoms in total. The Kier molecular flexibility index (Phi) is 4.18. The summed E-state index contributed by atoms with van der Waals surface area (Å²) in [5.41, 5.74) is 0.367. The van der Waals surface area contributed by atoms with Crippen LogP contribution in [0.4, 0.5) is 13.2 Å². The van der Waals surface area contributed by atoms with Crippen molar-refractivity contribution in [1.29, 1.82) is 0 Å². The zero-order valence-electron chi connectivity index (χ0n) is 13.3. The molecule has 9 heteroatoms. The quantitative estimate of drug-likeness (QED) is 0.916. The number of carboxylic acid groups (broad SMARTS) is 1. The van der Waals surface area contributed by atoms with Gasteiger partial charge in [0.25, 0.3) is 0 Å². The number of alkyl halides is 3.